The number of ether oxygens (including phenoxy) is 1. The second-order valence-electron chi connectivity index (χ2n) is 3.64. The molecule has 0 bridgehead atoms. The van der Waals surface area contributed by atoms with Gasteiger partial charge in [0.2, 0.25) is 5.91 Å². The average molecular weight is 213 g/mol. The molecule has 0 spiro atoms. The van der Waals surface area contributed by atoms with Crippen LogP contribution in [-0.4, -0.2) is 25.0 Å². The molecule has 1 amide bonds. The standard InChI is InChI=1S/C11H19NO3/c1-5-6-7-9(13)12-10(8(2)3)11(14)15-4/h5,8,10H,1,6-7H2,2-4H3,(H,12,13)/t10-/m0/s1. The van der Waals surface area contributed by atoms with Crippen LogP contribution in [0, 0.1) is 5.92 Å². The highest BCUT2D eigenvalue weighted by molar-refractivity contribution is 5.84. The van der Waals surface area contributed by atoms with Crippen molar-refractivity contribution in [3.63, 3.8) is 0 Å². The Morgan fingerprint density at radius 1 is 1.47 bits per heavy atom. The van der Waals surface area contributed by atoms with Crippen molar-refractivity contribution in [2.24, 2.45) is 5.92 Å². The lowest BCUT2D eigenvalue weighted by atomic mass is 10.0. The topological polar surface area (TPSA) is 55.4 Å². The third kappa shape index (κ3) is 5.20. The number of carbonyl (C=O) groups excluding carboxylic acids is 2. The first-order valence-corrected chi connectivity index (χ1v) is 5.01. The molecule has 0 aromatic rings. The van der Waals surface area contributed by atoms with E-state index in [1.807, 2.05) is 13.8 Å². The van der Waals surface area contributed by atoms with Crippen molar-refractivity contribution in [1.82, 2.24) is 5.32 Å². The van der Waals surface area contributed by atoms with Crippen LogP contribution >= 0.6 is 0 Å². The van der Waals surface area contributed by atoms with Gasteiger partial charge in [-0.15, -0.1) is 6.58 Å². The number of nitrogens with one attached hydrogen (secondary N) is 1. The second-order valence-corrected chi connectivity index (χ2v) is 3.64. The molecule has 0 aromatic carbocycles. The van der Waals surface area contributed by atoms with Gasteiger partial charge < -0.3 is 10.1 Å². The number of carbonyl (C=O) groups is 2. The molecule has 0 radical (unpaired) electrons. The van der Waals surface area contributed by atoms with Gasteiger partial charge in [0, 0.05) is 6.42 Å². The van der Waals surface area contributed by atoms with Gasteiger partial charge in [-0.1, -0.05) is 19.9 Å². The van der Waals surface area contributed by atoms with Crippen molar-refractivity contribution in [3.05, 3.63) is 12.7 Å². The van der Waals surface area contributed by atoms with Crippen LogP contribution in [0.3, 0.4) is 0 Å². The number of rotatable bonds is 6. The number of hydrogen-bond donors (Lipinski definition) is 1. The fourth-order valence-corrected chi connectivity index (χ4v) is 1.10. The summed E-state index contributed by atoms with van der Waals surface area (Å²) in [6.07, 6.45) is 2.63. The minimum atomic E-state index is -0.563. The fourth-order valence-electron chi connectivity index (χ4n) is 1.10. The summed E-state index contributed by atoms with van der Waals surface area (Å²) in [6, 6.07) is -0.563. The first-order valence-electron chi connectivity index (χ1n) is 5.01. The molecule has 86 valence electrons. The summed E-state index contributed by atoms with van der Waals surface area (Å²) in [7, 11) is 1.31. The van der Waals surface area contributed by atoms with E-state index < -0.39 is 12.0 Å². The van der Waals surface area contributed by atoms with Gasteiger partial charge in [-0.05, 0) is 12.3 Å². The largest absolute Gasteiger partial charge is 0.467 e. The molecule has 0 aromatic heterocycles. The van der Waals surface area contributed by atoms with E-state index in [1.165, 1.54) is 7.11 Å². The molecule has 0 saturated carbocycles. The Kier molecular flexibility index (Phi) is 6.42. The molecule has 4 heteroatoms. The quantitative estimate of drug-likeness (QED) is 0.534. The van der Waals surface area contributed by atoms with E-state index in [2.05, 4.69) is 16.6 Å². The van der Waals surface area contributed by atoms with Crippen molar-refractivity contribution in [2.45, 2.75) is 32.7 Å². The van der Waals surface area contributed by atoms with E-state index in [9.17, 15) is 9.59 Å². The number of allylic oxidation sites excluding steroid dienone is 1. The van der Waals surface area contributed by atoms with Gasteiger partial charge in [0.05, 0.1) is 7.11 Å². The lowest BCUT2D eigenvalue weighted by molar-refractivity contribution is -0.146. The van der Waals surface area contributed by atoms with E-state index in [0.29, 0.717) is 12.8 Å². The third-order valence-electron chi connectivity index (χ3n) is 2.01. The van der Waals surface area contributed by atoms with Crippen molar-refractivity contribution < 1.29 is 14.3 Å². The van der Waals surface area contributed by atoms with Crippen LogP contribution in [0.15, 0.2) is 12.7 Å². The van der Waals surface area contributed by atoms with Gasteiger partial charge in [0.15, 0.2) is 0 Å². The van der Waals surface area contributed by atoms with Gasteiger partial charge >= 0.3 is 5.97 Å². The van der Waals surface area contributed by atoms with Crippen molar-refractivity contribution in [1.29, 1.82) is 0 Å². The van der Waals surface area contributed by atoms with Gasteiger partial charge in [-0.25, -0.2) is 4.79 Å². The maximum Gasteiger partial charge on any atom is 0.328 e. The summed E-state index contributed by atoms with van der Waals surface area (Å²) in [5.74, 6) is -0.541. The van der Waals surface area contributed by atoms with Crippen LogP contribution in [-0.2, 0) is 14.3 Å². The Hall–Kier alpha value is -1.32. The van der Waals surface area contributed by atoms with Crippen LogP contribution in [0.25, 0.3) is 0 Å². The lowest BCUT2D eigenvalue weighted by Gasteiger charge is -2.19. The molecule has 0 aliphatic heterocycles. The smallest absolute Gasteiger partial charge is 0.328 e. The van der Waals surface area contributed by atoms with E-state index >= 15 is 0 Å². The summed E-state index contributed by atoms with van der Waals surface area (Å²) < 4.78 is 4.61. The van der Waals surface area contributed by atoms with Crippen LogP contribution in [0.1, 0.15) is 26.7 Å². The highest BCUT2D eigenvalue weighted by Crippen LogP contribution is 2.04. The zero-order valence-electron chi connectivity index (χ0n) is 9.58. The zero-order valence-corrected chi connectivity index (χ0v) is 9.58. The van der Waals surface area contributed by atoms with Crippen LogP contribution in [0.2, 0.25) is 0 Å². The van der Waals surface area contributed by atoms with Crippen molar-refractivity contribution in [2.75, 3.05) is 7.11 Å². The molecule has 0 saturated heterocycles. The molecule has 0 unspecified atom stereocenters. The van der Waals surface area contributed by atoms with Gasteiger partial charge in [0.25, 0.3) is 0 Å². The summed E-state index contributed by atoms with van der Waals surface area (Å²) in [5.41, 5.74) is 0. The molecule has 0 aliphatic rings. The second kappa shape index (κ2) is 7.04. The summed E-state index contributed by atoms with van der Waals surface area (Å²) in [4.78, 5) is 22.7. The SMILES string of the molecule is C=CCCC(=O)N[C@H](C(=O)OC)C(C)C. The van der Waals surface area contributed by atoms with Crippen LogP contribution in [0.5, 0.6) is 0 Å². The Morgan fingerprint density at radius 2 is 2.07 bits per heavy atom. The van der Waals surface area contributed by atoms with Gasteiger partial charge in [-0.3, -0.25) is 4.79 Å². The molecule has 0 fully saturated rings. The monoisotopic (exact) mass is 213 g/mol. The fraction of sp³-hybridized carbons (Fsp3) is 0.636. The van der Waals surface area contributed by atoms with Crippen molar-refractivity contribution >= 4 is 11.9 Å². The van der Waals surface area contributed by atoms with Crippen molar-refractivity contribution in [3.8, 4) is 0 Å². The summed E-state index contributed by atoms with van der Waals surface area (Å²) in [6.45, 7) is 7.24. The van der Waals surface area contributed by atoms with E-state index in [-0.39, 0.29) is 11.8 Å². The van der Waals surface area contributed by atoms with Gasteiger partial charge in [0.1, 0.15) is 6.04 Å². The molecule has 15 heavy (non-hydrogen) atoms. The minimum Gasteiger partial charge on any atom is -0.467 e. The number of amides is 1. The predicted molar refractivity (Wildman–Crippen MR) is 58.2 cm³/mol. The van der Waals surface area contributed by atoms with E-state index in [1.54, 1.807) is 6.08 Å². The first-order chi connectivity index (χ1) is 7.02. The molecule has 0 aliphatic carbocycles. The number of hydrogen-bond acceptors (Lipinski definition) is 3. The molecule has 0 rings (SSSR count). The Morgan fingerprint density at radius 3 is 2.47 bits per heavy atom. The lowest BCUT2D eigenvalue weighted by Crippen LogP contribution is -2.44. The predicted octanol–water partition coefficient (Wildman–Crippen LogP) is 1.27. The maximum atomic E-state index is 11.4. The molecule has 0 heterocycles. The summed E-state index contributed by atoms with van der Waals surface area (Å²) >= 11 is 0. The van der Waals surface area contributed by atoms with E-state index in [4.69, 9.17) is 0 Å². The third-order valence-corrected chi connectivity index (χ3v) is 2.01. The number of methoxy groups -OCH3 is 1. The van der Waals surface area contributed by atoms with E-state index in [0.717, 1.165) is 0 Å². The number of esters is 1. The minimum absolute atomic E-state index is 0.0186. The average Bonchev–Trinajstić information content (AvgIpc) is 2.21. The maximum absolute atomic E-state index is 11.4. The highest BCUT2D eigenvalue weighted by Gasteiger charge is 2.24. The highest BCUT2D eigenvalue weighted by atomic mass is 16.5. The van der Waals surface area contributed by atoms with Gasteiger partial charge in [-0.2, -0.15) is 0 Å². The molecular weight excluding hydrogens is 194 g/mol. The normalized spacial score (nSPS) is 12.0. The molecular formula is C11H19NO3. The Balaban J connectivity index is 4.22. The zero-order chi connectivity index (χ0) is 11.8. The van der Waals surface area contributed by atoms with Crippen LogP contribution in [0.4, 0.5) is 0 Å². The Bertz CT molecular complexity index is 236. The van der Waals surface area contributed by atoms with Crippen LogP contribution < -0.4 is 5.32 Å². The molecule has 4 nitrogen and oxygen atoms in total. The molecule has 1 N–H and O–H groups in total. The first kappa shape index (κ1) is 13.7. The Labute approximate surface area is 90.7 Å². The molecule has 1 atom stereocenters. The summed E-state index contributed by atoms with van der Waals surface area (Å²) in [5, 5.41) is 2.64.